The van der Waals surface area contributed by atoms with E-state index >= 15 is 0 Å². The van der Waals surface area contributed by atoms with E-state index in [2.05, 4.69) is 13.8 Å². The fourth-order valence-electron chi connectivity index (χ4n) is 2.71. The molecule has 22 heavy (non-hydrogen) atoms. The van der Waals surface area contributed by atoms with Gasteiger partial charge in [-0.2, -0.15) is 0 Å². The summed E-state index contributed by atoms with van der Waals surface area (Å²) < 4.78 is 0. The summed E-state index contributed by atoms with van der Waals surface area (Å²) in [7, 11) is 0. The van der Waals surface area contributed by atoms with E-state index in [1.54, 1.807) is 12.1 Å². The lowest BCUT2D eigenvalue weighted by Gasteiger charge is -2.42. The number of amides is 1. The molecular formula is C16H23Cl3N2O. The number of piperidine rings is 1. The minimum atomic E-state index is -0.0220. The molecule has 1 fully saturated rings. The molecule has 1 heterocycles. The first kappa shape index (κ1) is 19.6. The summed E-state index contributed by atoms with van der Waals surface area (Å²) in [6, 6.07) is 5.56. The number of benzene rings is 1. The second kappa shape index (κ2) is 7.87. The molecule has 0 bridgehead atoms. The molecule has 1 aromatic rings. The van der Waals surface area contributed by atoms with Crippen LogP contribution in [0, 0.1) is 5.41 Å². The number of likely N-dealkylation sites (tertiary alicyclic amines) is 1. The van der Waals surface area contributed by atoms with Gasteiger partial charge in [-0.25, -0.2) is 0 Å². The Kier molecular flexibility index (Phi) is 7.00. The fourth-order valence-corrected chi connectivity index (χ4v) is 3.21. The van der Waals surface area contributed by atoms with Gasteiger partial charge < -0.3 is 10.6 Å². The summed E-state index contributed by atoms with van der Waals surface area (Å²) in [5.41, 5.74) is 7.04. The van der Waals surface area contributed by atoms with Gasteiger partial charge in [0.25, 0.3) is 0 Å². The predicted octanol–water partition coefficient (Wildman–Crippen LogP) is 3.93. The van der Waals surface area contributed by atoms with Crippen molar-refractivity contribution < 1.29 is 4.79 Å². The molecule has 0 saturated carbocycles. The van der Waals surface area contributed by atoms with Crippen LogP contribution < -0.4 is 5.73 Å². The van der Waals surface area contributed by atoms with Crippen molar-refractivity contribution in [2.75, 3.05) is 13.1 Å². The van der Waals surface area contributed by atoms with Crippen molar-refractivity contribution in [2.24, 2.45) is 11.1 Å². The molecule has 0 spiro atoms. The van der Waals surface area contributed by atoms with Gasteiger partial charge in [-0.05, 0) is 36.0 Å². The number of nitrogens with zero attached hydrogens (tertiary/aromatic N) is 1. The summed E-state index contributed by atoms with van der Waals surface area (Å²) in [6.07, 6.45) is 1.96. The molecule has 3 nitrogen and oxygen atoms in total. The van der Waals surface area contributed by atoms with Gasteiger partial charge in [0.1, 0.15) is 0 Å². The molecule has 124 valence electrons. The number of rotatable bonds is 3. The topological polar surface area (TPSA) is 46.3 Å². The molecule has 1 aliphatic heterocycles. The molecule has 1 unspecified atom stereocenters. The Morgan fingerprint density at radius 2 is 2.09 bits per heavy atom. The van der Waals surface area contributed by atoms with Gasteiger partial charge in [-0.3, -0.25) is 4.79 Å². The maximum Gasteiger partial charge on any atom is 0.222 e. The number of aryl methyl sites for hydroxylation is 1. The van der Waals surface area contributed by atoms with Crippen LogP contribution in [0.15, 0.2) is 18.2 Å². The van der Waals surface area contributed by atoms with Gasteiger partial charge in [0.2, 0.25) is 5.91 Å². The number of nitrogens with two attached hydrogens (primary N) is 1. The average Bonchev–Trinajstić information content (AvgIpc) is 2.40. The maximum atomic E-state index is 12.4. The van der Waals surface area contributed by atoms with Crippen LogP contribution in [0.4, 0.5) is 0 Å². The van der Waals surface area contributed by atoms with Gasteiger partial charge in [-0.1, -0.05) is 43.1 Å². The standard InChI is InChI=1S/C16H22Cl2N2O.ClH/c1-16(2)10-20(8-7-14(16)19)15(21)6-4-11-3-5-12(17)9-13(11)18;/h3,5,9,14H,4,6-8,10,19H2,1-2H3;1H. The second-order valence-corrected chi connectivity index (χ2v) is 7.28. The van der Waals surface area contributed by atoms with E-state index in [1.165, 1.54) is 0 Å². The number of hydrogen-bond donors (Lipinski definition) is 1. The van der Waals surface area contributed by atoms with Crippen LogP contribution in [0.2, 0.25) is 10.0 Å². The highest BCUT2D eigenvalue weighted by Gasteiger charge is 2.35. The molecule has 0 radical (unpaired) electrons. The smallest absolute Gasteiger partial charge is 0.222 e. The minimum absolute atomic E-state index is 0. The first-order chi connectivity index (χ1) is 9.79. The molecule has 2 rings (SSSR count). The van der Waals surface area contributed by atoms with Crippen LogP contribution >= 0.6 is 35.6 Å². The van der Waals surface area contributed by atoms with Crippen LogP contribution in [0.5, 0.6) is 0 Å². The van der Waals surface area contributed by atoms with Crippen LogP contribution in [0.25, 0.3) is 0 Å². The first-order valence-corrected chi connectivity index (χ1v) is 8.02. The number of carbonyl (C=O) groups excluding carboxylic acids is 1. The molecule has 1 aliphatic rings. The van der Waals surface area contributed by atoms with Crippen LogP contribution in [0.3, 0.4) is 0 Å². The van der Waals surface area contributed by atoms with E-state index in [9.17, 15) is 4.79 Å². The quantitative estimate of drug-likeness (QED) is 0.882. The lowest BCUT2D eigenvalue weighted by molar-refractivity contribution is -0.134. The zero-order valence-electron chi connectivity index (χ0n) is 12.9. The van der Waals surface area contributed by atoms with E-state index in [1.807, 2.05) is 11.0 Å². The molecular weight excluding hydrogens is 343 g/mol. The Labute approximate surface area is 148 Å². The lowest BCUT2D eigenvalue weighted by atomic mass is 9.79. The summed E-state index contributed by atoms with van der Waals surface area (Å²) in [4.78, 5) is 14.3. The molecule has 2 N–H and O–H groups in total. The molecule has 1 aromatic carbocycles. The first-order valence-electron chi connectivity index (χ1n) is 7.27. The van der Waals surface area contributed by atoms with Crippen LogP contribution in [-0.2, 0) is 11.2 Å². The van der Waals surface area contributed by atoms with Crippen molar-refractivity contribution >= 4 is 41.5 Å². The molecule has 0 aromatic heterocycles. The van der Waals surface area contributed by atoms with Gasteiger partial charge in [0, 0.05) is 35.6 Å². The summed E-state index contributed by atoms with van der Waals surface area (Å²) in [5, 5.41) is 1.23. The number of hydrogen-bond acceptors (Lipinski definition) is 2. The third-order valence-electron chi connectivity index (χ3n) is 4.29. The van der Waals surface area contributed by atoms with Gasteiger partial charge in [0.15, 0.2) is 0 Å². The van der Waals surface area contributed by atoms with Crippen molar-refractivity contribution in [1.29, 1.82) is 0 Å². The van der Waals surface area contributed by atoms with E-state index in [0.29, 0.717) is 22.9 Å². The zero-order chi connectivity index (χ0) is 15.6. The van der Waals surface area contributed by atoms with Crippen LogP contribution in [-0.4, -0.2) is 29.9 Å². The molecule has 1 saturated heterocycles. The summed E-state index contributed by atoms with van der Waals surface area (Å²) in [5.74, 6) is 0.168. The molecule has 1 atom stereocenters. The SMILES string of the molecule is CC1(C)CN(C(=O)CCc2ccc(Cl)cc2Cl)CCC1N.Cl. The largest absolute Gasteiger partial charge is 0.342 e. The minimum Gasteiger partial charge on any atom is -0.342 e. The Bertz CT molecular complexity index is 534. The van der Waals surface area contributed by atoms with Crippen molar-refractivity contribution in [3.8, 4) is 0 Å². The summed E-state index contributed by atoms with van der Waals surface area (Å²) in [6.45, 7) is 5.71. The van der Waals surface area contributed by atoms with Crippen molar-refractivity contribution in [2.45, 2.75) is 39.2 Å². The highest BCUT2D eigenvalue weighted by molar-refractivity contribution is 6.35. The normalized spacial score (nSPS) is 20.4. The Morgan fingerprint density at radius 3 is 2.68 bits per heavy atom. The van der Waals surface area contributed by atoms with E-state index in [-0.39, 0.29) is 29.8 Å². The zero-order valence-corrected chi connectivity index (χ0v) is 15.3. The van der Waals surface area contributed by atoms with E-state index in [0.717, 1.165) is 25.1 Å². The fraction of sp³-hybridized carbons (Fsp3) is 0.562. The third kappa shape index (κ3) is 4.76. The van der Waals surface area contributed by atoms with Crippen LogP contribution in [0.1, 0.15) is 32.3 Å². The number of carbonyl (C=O) groups is 1. The molecule has 0 aliphatic carbocycles. The predicted molar refractivity (Wildman–Crippen MR) is 95.0 cm³/mol. The monoisotopic (exact) mass is 364 g/mol. The van der Waals surface area contributed by atoms with Crippen molar-refractivity contribution in [3.63, 3.8) is 0 Å². The highest BCUT2D eigenvalue weighted by Crippen LogP contribution is 2.28. The molecule has 1 amide bonds. The second-order valence-electron chi connectivity index (χ2n) is 6.43. The van der Waals surface area contributed by atoms with Crippen molar-refractivity contribution in [1.82, 2.24) is 4.90 Å². The number of halogens is 3. The summed E-state index contributed by atoms with van der Waals surface area (Å²) >= 11 is 12.0. The highest BCUT2D eigenvalue weighted by atomic mass is 35.5. The lowest BCUT2D eigenvalue weighted by Crippen LogP contribution is -2.54. The average molecular weight is 366 g/mol. The van der Waals surface area contributed by atoms with E-state index < -0.39 is 0 Å². The Hall–Kier alpha value is -0.480. The molecule has 6 heteroatoms. The van der Waals surface area contributed by atoms with Gasteiger partial charge >= 0.3 is 0 Å². The van der Waals surface area contributed by atoms with E-state index in [4.69, 9.17) is 28.9 Å². The maximum absolute atomic E-state index is 12.4. The Balaban J connectivity index is 0.00000242. The van der Waals surface area contributed by atoms with Gasteiger partial charge in [0.05, 0.1) is 0 Å². The Morgan fingerprint density at radius 1 is 1.41 bits per heavy atom. The van der Waals surface area contributed by atoms with Gasteiger partial charge in [-0.15, -0.1) is 12.4 Å². The van der Waals surface area contributed by atoms with Crippen molar-refractivity contribution in [3.05, 3.63) is 33.8 Å². The third-order valence-corrected chi connectivity index (χ3v) is 4.88.